The van der Waals surface area contributed by atoms with Gasteiger partial charge in [-0.1, -0.05) is 46.6 Å². The van der Waals surface area contributed by atoms with Crippen LogP contribution in [0.5, 0.6) is 5.75 Å². The molecule has 136 valence electrons. The summed E-state index contributed by atoms with van der Waals surface area (Å²) in [5.41, 5.74) is 1.41. The molecule has 1 saturated carbocycles. The zero-order valence-corrected chi connectivity index (χ0v) is 16.0. The third-order valence-corrected chi connectivity index (χ3v) is 5.08. The Bertz CT molecular complexity index is 808. The van der Waals surface area contributed by atoms with Crippen LogP contribution in [0.4, 0.5) is 4.79 Å². The smallest absolute Gasteiger partial charge is 0.412 e. The Kier molecular flexibility index (Phi) is 5.93. The van der Waals surface area contributed by atoms with Crippen LogP contribution in [0.2, 0.25) is 0 Å². The number of amides is 1. The molecule has 0 saturated heterocycles. The highest BCUT2D eigenvalue weighted by Crippen LogP contribution is 2.35. The van der Waals surface area contributed by atoms with Crippen molar-refractivity contribution in [3.05, 3.63) is 64.1 Å². The van der Waals surface area contributed by atoms with Gasteiger partial charge in [-0.2, -0.15) is 0 Å². The van der Waals surface area contributed by atoms with E-state index in [-0.39, 0.29) is 23.3 Å². The predicted molar refractivity (Wildman–Crippen MR) is 101 cm³/mol. The van der Waals surface area contributed by atoms with Gasteiger partial charge in [-0.15, -0.1) is 0 Å². The minimum atomic E-state index is -0.562. The Labute approximate surface area is 160 Å². The van der Waals surface area contributed by atoms with Crippen LogP contribution < -0.4 is 10.1 Å². The predicted octanol–water partition coefficient (Wildman–Crippen LogP) is 4.66. The molecule has 26 heavy (non-hydrogen) atoms. The molecule has 0 aliphatic heterocycles. The number of halogens is 1. The van der Waals surface area contributed by atoms with Crippen molar-refractivity contribution < 1.29 is 19.1 Å². The maximum atomic E-state index is 12.4. The van der Waals surface area contributed by atoms with E-state index in [1.54, 1.807) is 24.3 Å². The van der Waals surface area contributed by atoms with Crippen molar-refractivity contribution in [2.75, 3.05) is 7.11 Å². The molecular weight excluding hydrogens is 398 g/mol. The fourth-order valence-corrected chi connectivity index (χ4v) is 3.80. The summed E-state index contributed by atoms with van der Waals surface area (Å²) >= 11 is 3.50. The van der Waals surface area contributed by atoms with Crippen molar-refractivity contribution in [1.82, 2.24) is 5.32 Å². The zero-order chi connectivity index (χ0) is 18.5. The van der Waals surface area contributed by atoms with Crippen LogP contribution in [0.25, 0.3) is 0 Å². The second-order valence-corrected chi connectivity index (χ2v) is 7.14. The number of nitrogens with one attached hydrogen (secondary N) is 1. The number of benzene rings is 2. The molecule has 0 radical (unpaired) electrons. The molecule has 2 atom stereocenters. The first-order valence-electron chi connectivity index (χ1n) is 8.49. The Hall–Kier alpha value is -2.34. The number of para-hydroxylation sites is 1. The number of carbonyl (C=O) groups is 2. The Morgan fingerprint density at radius 2 is 1.92 bits per heavy atom. The highest BCUT2D eigenvalue weighted by molar-refractivity contribution is 9.10. The van der Waals surface area contributed by atoms with E-state index in [0.29, 0.717) is 0 Å². The first kappa shape index (κ1) is 18.5. The lowest BCUT2D eigenvalue weighted by atomic mass is 9.94. The third-order valence-electron chi connectivity index (χ3n) is 4.59. The molecule has 0 aromatic heterocycles. The second-order valence-electron chi connectivity index (χ2n) is 6.22. The van der Waals surface area contributed by atoms with E-state index in [1.807, 2.05) is 12.1 Å². The Morgan fingerprint density at radius 1 is 1.12 bits per heavy atom. The maximum absolute atomic E-state index is 12.4. The minimum absolute atomic E-state index is 0.00193. The SMILES string of the molecule is COC(=O)c1ccccc1OC(=O)N[C@@H]1CCC[C@@H]1c1cccc(Br)c1. The number of ether oxygens (including phenoxy) is 2. The molecule has 5 nitrogen and oxygen atoms in total. The average Bonchev–Trinajstić information content (AvgIpc) is 3.09. The topological polar surface area (TPSA) is 64.6 Å². The summed E-state index contributed by atoms with van der Waals surface area (Å²) in [5.74, 6) is -0.106. The number of rotatable bonds is 4. The lowest BCUT2D eigenvalue weighted by Gasteiger charge is -2.21. The number of hydrogen-bond donors (Lipinski definition) is 1. The molecule has 2 aromatic carbocycles. The molecule has 1 aliphatic carbocycles. The molecule has 1 fully saturated rings. The van der Waals surface area contributed by atoms with Gasteiger partial charge in [-0.05, 0) is 42.7 Å². The highest BCUT2D eigenvalue weighted by Gasteiger charge is 2.30. The molecular formula is C20H20BrNO4. The molecule has 6 heteroatoms. The van der Waals surface area contributed by atoms with Crippen LogP contribution in [0.15, 0.2) is 53.0 Å². The average molecular weight is 418 g/mol. The summed E-state index contributed by atoms with van der Waals surface area (Å²) < 4.78 is 11.1. The molecule has 2 aromatic rings. The maximum Gasteiger partial charge on any atom is 0.412 e. The van der Waals surface area contributed by atoms with Crippen LogP contribution in [0, 0.1) is 0 Å². The van der Waals surface area contributed by atoms with E-state index in [1.165, 1.54) is 12.7 Å². The summed E-state index contributed by atoms with van der Waals surface area (Å²) in [4.78, 5) is 24.2. The Morgan fingerprint density at radius 3 is 2.69 bits per heavy atom. The van der Waals surface area contributed by atoms with E-state index in [9.17, 15) is 9.59 Å². The molecule has 1 amide bonds. The molecule has 1 N–H and O–H groups in total. The molecule has 0 bridgehead atoms. The second kappa shape index (κ2) is 8.36. The fourth-order valence-electron chi connectivity index (χ4n) is 3.38. The van der Waals surface area contributed by atoms with Gasteiger partial charge < -0.3 is 14.8 Å². The van der Waals surface area contributed by atoms with Gasteiger partial charge in [0.15, 0.2) is 0 Å². The standard InChI is InChI=1S/C20H20BrNO4/c1-25-19(23)16-8-2-3-11-18(16)26-20(24)22-17-10-5-9-15(17)13-6-4-7-14(21)12-13/h2-4,6-8,11-12,15,17H,5,9-10H2,1H3,(H,22,24)/t15-,17-/m1/s1. The number of carbonyl (C=O) groups excluding carboxylic acids is 2. The lowest BCUT2D eigenvalue weighted by Crippen LogP contribution is -2.38. The van der Waals surface area contributed by atoms with Crippen molar-refractivity contribution in [2.24, 2.45) is 0 Å². The van der Waals surface area contributed by atoms with Crippen molar-refractivity contribution in [2.45, 2.75) is 31.2 Å². The largest absolute Gasteiger partial charge is 0.465 e. The van der Waals surface area contributed by atoms with E-state index in [0.717, 1.165) is 23.7 Å². The van der Waals surface area contributed by atoms with Gasteiger partial charge in [0.05, 0.1) is 7.11 Å². The first-order valence-corrected chi connectivity index (χ1v) is 9.29. The normalized spacial score (nSPS) is 19.0. The summed E-state index contributed by atoms with van der Waals surface area (Å²) in [5, 5.41) is 2.95. The monoisotopic (exact) mass is 417 g/mol. The molecule has 1 aliphatic rings. The van der Waals surface area contributed by atoms with Gasteiger partial charge in [0.1, 0.15) is 11.3 Å². The molecule has 0 heterocycles. The van der Waals surface area contributed by atoms with Crippen LogP contribution in [0.1, 0.15) is 41.1 Å². The van der Waals surface area contributed by atoms with Crippen molar-refractivity contribution >= 4 is 28.0 Å². The zero-order valence-electron chi connectivity index (χ0n) is 14.4. The van der Waals surface area contributed by atoms with Crippen molar-refractivity contribution in [3.63, 3.8) is 0 Å². The van der Waals surface area contributed by atoms with Gasteiger partial charge in [0.25, 0.3) is 0 Å². The summed E-state index contributed by atoms with van der Waals surface area (Å²) in [7, 11) is 1.29. The van der Waals surface area contributed by atoms with Crippen molar-refractivity contribution in [1.29, 1.82) is 0 Å². The quantitative estimate of drug-likeness (QED) is 0.734. The number of methoxy groups -OCH3 is 1. The Balaban J connectivity index is 1.69. The minimum Gasteiger partial charge on any atom is -0.465 e. The van der Waals surface area contributed by atoms with Crippen LogP contribution >= 0.6 is 15.9 Å². The number of esters is 1. The lowest BCUT2D eigenvalue weighted by molar-refractivity contribution is 0.0598. The van der Waals surface area contributed by atoms with Crippen molar-refractivity contribution in [3.8, 4) is 5.75 Å². The number of hydrogen-bond acceptors (Lipinski definition) is 4. The van der Waals surface area contributed by atoms with Gasteiger partial charge in [-0.25, -0.2) is 9.59 Å². The molecule has 0 unspecified atom stereocenters. The molecule has 3 rings (SSSR count). The summed E-state index contributed by atoms with van der Waals surface area (Å²) in [6, 6.07) is 14.7. The van der Waals surface area contributed by atoms with E-state index < -0.39 is 12.1 Å². The fraction of sp³-hybridized carbons (Fsp3) is 0.300. The van der Waals surface area contributed by atoms with E-state index in [2.05, 4.69) is 33.4 Å². The molecule has 0 spiro atoms. The van der Waals surface area contributed by atoms with E-state index in [4.69, 9.17) is 9.47 Å². The van der Waals surface area contributed by atoms with Crippen LogP contribution in [-0.2, 0) is 4.74 Å². The van der Waals surface area contributed by atoms with Gasteiger partial charge >= 0.3 is 12.1 Å². The van der Waals surface area contributed by atoms with Crippen LogP contribution in [-0.4, -0.2) is 25.2 Å². The van der Waals surface area contributed by atoms with Gasteiger partial charge in [0, 0.05) is 16.4 Å². The van der Waals surface area contributed by atoms with Gasteiger partial charge in [-0.3, -0.25) is 0 Å². The third kappa shape index (κ3) is 4.25. The highest BCUT2D eigenvalue weighted by atomic mass is 79.9. The van der Waals surface area contributed by atoms with Gasteiger partial charge in [0.2, 0.25) is 0 Å². The van der Waals surface area contributed by atoms with E-state index >= 15 is 0 Å². The summed E-state index contributed by atoms with van der Waals surface area (Å²) in [6.45, 7) is 0. The van der Waals surface area contributed by atoms with Crippen LogP contribution in [0.3, 0.4) is 0 Å². The first-order chi connectivity index (χ1) is 12.6. The summed E-state index contributed by atoms with van der Waals surface area (Å²) in [6.07, 6.45) is 2.39.